The topological polar surface area (TPSA) is 70.4 Å². The normalized spacial score (nSPS) is 14.1. The Morgan fingerprint density at radius 1 is 0.944 bits per heavy atom. The number of piperazine rings is 1. The van der Waals surface area contributed by atoms with Gasteiger partial charge in [-0.05, 0) is 51.2 Å². The Morgan fingerprint density at radius 2 is 1.67 bits per heavy atom. The van der Waals surface area contributed by atoms with Gasteiger partial charge < -0.3 is 14.7 Å². The fraction of sp³-hybridized carbons (Fsp3) is 0.357. The second-order valence-corrected chi connectivity index (χ2v) is 9.88. The van der Waals surface area contributed by atoms with E-state index in [4.69, 9.17) is 4.98 Å². The molecule has 1 amide bonds. The molecule has 4 aromatic rings. The molecule has 0 spiro atoms. The van der Waals surface area contributed by atoms with Crippen LogP contribution in [0.25, 0.3) is 11.0 Å². The standard InChI is InChI=1S/C28H33N7O/c1-20-5-7-22(8-6-20)19-35-27-25(17-30-35)24(15-21(2)31-27)28(36)34-13-11-33(12-14-34)26-10-9-23(16-29-26)18-32(3)4/h5-10,15-17H,11-14,18-19H2,1-4H3. The number of benzene rings is 1. The van der Waals surface area contributed by atoms with E-state index in [1.807, 2.05) is 28.8 Å². The van der Waals surface area contributed by atoms with Gasteiger partial charge in [-0.1, -0.05) is 35.9 Å². The maximum Gasteiger partial charge on any atom is 0.254 e. The average Bonchev–Trinajstić information content (AvgIpc) is 3.27. The number of carbonyl (C=O) groups excluding carboxylic acids is 1. The summed E-state index contributed by atoms with van der Waals surface area (Å²) in [7, 11) is 4.11. The molecule has 1 saturated heterocycles. The molecule has 5 rings (SSSR count). The maximum atomic E-state index is 13.6. The van der Waals surface area contributed by atoms with Crippen molar-refractivity contribution in [2.24, 2.45) is 0 Å². The van der Waals surface area contributed by atoms with Crippen LogP contribution in [0.5, 0.6) is 0 Å². The third-order valence-corrected chi connectivity index (χ3v) is 6.62. The summed E-state index contributed by atoms with van der Waals surface area (Å²) in [4.78, 5) is 29.3. The van der Waals surface area contributed by atoms with E-state index in [0.29, 0.717) is 25.2 Å². The van der Waals surface area contributed by atoms with Crippen molar-refractivity contribution < 1.29 is 4.79 Å². The highest BCUT2D eigenvalue weighted by Gasteiger charge is 2.25. The van der Waals surface area contributed by atoms with Crippen LogP contribution < -0.4 is 4.90 Å². The molecule has 1 fully saturated rings. The molecule has 4 heterocycles. The number of aryl methyl sites for hydroxylation is 2. The predicted octanol–water partition coefficient (Wildman–Crippen LogP) is 3.52. The van der Waals surface area contributed by atoms with Crippen molar-refractivity contribution in [2.75, 3.05) is 45.2 Å². The first-order valence-corrected chi connectivity index (χ1v) is 12.4. The lowest BCUT2D eigenvalue weighted by atomic mass is 10.1. The Morgan fingerprint density at radius 3 is 2.33 bits per heavy atom. The van der Waals surface area contributed by atoms with Crippen molar-refractivity contribution >= 4 is 22.8 Å². The van der Waals surface area contributed by atoms with E-state index in [1.54, 1.807) is 6.20 Å². The molecular weight excluding hydrogens is 450 g/mol. The highest BCUT2D eigenvalue weighted by atomic mass is 16.2. The first kappa shape index (κ1) is 23.9. The summed E-state index contributed by atoms with van der Waals surface area (Å²) in [6.45, 7) is 8.32. The van der Waals surface area contributed by atoms with Gasteiger partial charge in [0.05, 0.1) is 23.7 Å². The van der Waals surface area contributed by atoms with Crippen molar-refractivity contribution in [3.63, 3.8) is 0 Å². The summed E-state index contributed by atoms with van der Waals surface area (Å²) in [5.74, 6) is 0.999. The number of hydrogen-bond acceptors (Lipinski definition) is 6. The Kier molecular flexibility index (Phi) is 6.69. The smallest absolute Gasteiger partial charge is 0.254 e. The van der Waals surface area contributed by atoms with Crippen LogP contribution in [0, 0.1) is 13.8 Å². The van der Waals surface area contributed by atoms with Crippen LogP contribution in [0.2, 0.25) is 0 Å². The van der Waals surface area contributed by atoms with E-state index in [-0.39, 0.29) is 5.91 Å². The molecule has 0 atom stereocenters. The van der Waals surface area contributed by atoms with Gasteiger partial charge in [-0.15, -0.1) is 0 Å². The third-order valence-electron chi connectivity index (χ3n) is 6.62. The first-order chi connectivity index (χ1) is 17.4. The van der Waals surface area contributed by atoms with Crippen molar-refractivity contribution in [3.05, 3.63) is 82.8 Å². The molecule has 8 nitrogen and oxygen atoms in total. The number of aromatic nitrogens is 4. The fourth-order valence-corrected chi connectivity index (χ4v) is 4.70. The molecule has 0 bridgehead atoms. The van der Waals surface area contributed by atoms with E-state index in [9.17, 15) is 4.79 Å². The van der Waals surface area contributed by atoms with E-state index in [0.717, 1.165) is 47.7 Å². The van der Waals surface area contributed by atoms with E-state index >= 15 is 0 Å². The van der Waals surface area contributed by atoms with Crippen molar-refractivity contribution in [3.8, 4) is 0 Å². The van der Waals surface area contributed by atoms with Gasteiger partial charge in [0.15, 0.2) is 5.65 Å². The SMILES string of the molecule is Cc1ccc(Cn2ncc3c(C(=O)N4CCN(c5ccc(CN(C)C)cn5)CC4)cc(C)nc32)cc1. The minimum atomic E-state index is 0.0364. The highest BCUT2D eigenvalue weighted by molar-refractivity contribution is 6.05. The summed E-state index contributed by atoms with van der Waals surface area (Å²) >= 11 is 0. The summed E-state index contributed by atoms with van der Waals surface area (Å²) in [6, 6.07) is 14.5. The third kappa shape index (κ3) is 5.09. The van der Waals surface area contributed by atoms with Crippen LogP contribution in [0.4, 0.5) is 5.82 Å². The average molecular weight is 484 g/mol. The zero-order valence-electron chi connectivity index (χ0n) is 21.5. The highest BCUT2D eigenvalue weighted by Crippen LogP contribution is 2.23. The van der Waals surface area contributed by atoms with Crippen LogP contribution in [-0.2, 0) is 13.1 Å². The molecule has 1 aliphatic rings. The minimum Gasteiger partial charge on any atom is -0.353 e. The van der Waals surface area contributed by atoms with Gasteiger partial charge in [0.25, 0.3) is 5.91 Å². The zero-order chi connectivity index (χ0) is 25.2. The Balaban J connectivity index is 1.30. The summed E-state index contributed by atoms with van der Waals surface area (Å²) in [6.07, 6.45) is 3.72. The minimum absolute atomic E-state index is 0.0364. The Hall–Kier alpha value is -3.78. The molecule has 0 unspecified atom stereocenters. The molecular formula is C28H33N7O. The van der Waals surface area contributed by atoms with Gasteiger partial charge in [0.2, 0.25) is 0 Å². The maximum absolute atomic E-state index is 13.6. The van der Waals surface area contributed by atoms with Gasteiger partial charge >= 0.3 is 0 Å². The summed E-state index contributed by atoms with van der Waals surface area (Å²) in [5.41, 5.74) is 5.81. The lowest BCUT2D eigenvalue weighted by Gasteiger charge is -2.35. The van der Waals surface area contributed by atoms with Gasteiger partial charge in [-0.2, -0.15) is 5.10 Å². The van der Waals surface area contributed by atoms with E-state index < -0.39 is 0 Å². The molecule has 0 aliphatic carbocycles. The first-order valence-electron chi connectivity index (χ1n) is 12.4. The van der Waals surface area contributed by atoms with Crippen LogP contribution in [0.3, 0.4) is 0 Å². The van der Waals surface area contributed by atoms with Crippen molar-refractivity contribution in [1.82, 2.24) is 29.5 Å². The molecule has 1 aliphatic heterocycles. The molecule has 186 valence electrons. The zero-order valence-corrected chi connectivity index (χ0v) is 21.5. The quantitative estimate of drug-likeness (QED) is 0.418. The van der Waals surface area contributed by atoms with Gasteiger partial charge in [-0.3, -0.25) is 4.79 Å². The number of rotatable bonds is 6. The molecule has 0 radical (unpaired) electrons. The number of carbonyl (C=O) groups is 1. The molecule has 36 heavy (non-hydrogen) atoms. The van der Waals surface area contributed by atoms with Crippen molar-refractivity contribution in [2.45, 2.75) is 26.9 Å². The second-order valence-electron chi connectivity index (χ2n) is 9.88. The molecule has 0 N–H and O–H groups in total. The van der Waals surface area contributed by atoms with Crippen LogP contribution in [0.15, 0.2) is 54.9 Å². The lowest BCUT2D eigenvalue weighted by molar-refractivity contribution is 0.0748. The Bertz CT molecular complexity index is 1350. The second kappa shape index (κ2) is 10.1. The monoisotopic (exact) mass is 483 g/mol. The number of nitrogens with zero attached hydrogens (tertiary/aromatic N) is 7. The largest absolute Gasteiger partial charge is 0.353 e. The van der Waals surface area contributed by atoms with Gasteiger partial charge in [0, 0.05) is 44.6 Å². The van der Waals surface area contributed by atoms with Gasteiger partial charge in [0.1, 0.15) is 5.82 Å². The van der Waals surface area contributed by atoms with Gasteiger partial charge in [-0.25, -0.2) is 14.6 Å². The number of fused-ring (bicyclic) bond motifs is 1. The predicted molar refractivity (Wildman–Crippen MR) is 142 cm³/mol. The van der Waals surface area contributed by atoms with Crippen LogP contribution >= 0.6 is 0 Å². The molecule has 0 saturated carbocycles. The summed E-state index contributed by atoms with van der Waals surface area (Å²) in [5, 5.41) is 5.39. The Labute approximate surface area is 212 Å². The fourth-order valence-electron chi connectivity index (χ4n) is 4.70. The number of hydrogen-bond donors (Lipinski definition) is 0. The molecule has 8 heteroatoms. The van der Waals surface area contributed by atoms with Crippen molar-refractivity contribution in [1.29, 1.82) is 0 Å². The van der Waals surface area contributed by atoms with Crippen LogP contribution in [-0.4, -0.2) is 75.7 Å². The lowest BCUT2D eigenvalue weighted by Crippen LogP contribution is -2.49. The number of amides is 1. The molecule has 3 aromatic heterocycles. The number of anilines is 1. The summed E-state index contributed by atoms with van der Waals surface area (Å²) < 4.78 is 1.88. The van der Waals surface area contributed by atoms with E-state index in [1.165, 1.54) is 11.1 Å². The van der Waals surface area contributed by atoms with E-state index in [2.05, 4.69) is 77.3 Å². The molecule has 1 aromatic carbocycles. The van der Waals surface area contributed by atoms with Crippen LogP contribution in [0.1, 0.15) is 32.7 Å². The number of pyridine rings is 2.